The Balaban J connectivity index is 3.10. The largest absolute Gasteiger partial charge is 0.385 e. The van der Waals surface area contributed by atoms with Crippen LogP contribution >= 0.6 is 0 Å². The molecule has 116 valence electrons. The molecule has 0 saturated heterocycles. The number of hydrogen-bond donors (Lipinski definition) is 2. The number of non-ortho nitro benzene ring substituents is 1. The Morgan fingerprint density at radius 2 is 2.10 bits per heavy atom. The van der Waals surface area contributed by atoms with Gasteiger partial charge in [-0.15, -0.1) is 0 Å². The Morgan fingerprint density at radius 3 is 2.62 bits per heavy atom. The topological polar surface area (TPSA) is 93.5 Å². The maximum atomic E-state index is 12.4. The second kappa shape index (κ2) is 7.03. The molecule has 1 aromatic rings. The maximum Gasteiger partial charge on any atom is 0.270 e. The summed E-state index contributed by atoms with van der Waals surface area (Å²) >= 11 is 0. The van der Waals surface area contributed by atoms with Crippen LogP contribution in [0.1, 0.15) is 31.1 Å². The van der Waals surface area contributed by atoms with Crippen LogP contribution in [0, 0.1) is 10.1 Å². The molecule has 0 radical (unpaired) electrons. The molecule has 0 spiro atoms. The molecule has 0 bridgehead atoms. The van der Waals surface area contributed by atoms with Gasteiger partial charge in [0.15, 0.2) is 0 Å². The quantitative estimate of drug-likeness (QED) is 0.594. The molecule has 2 N–H and O–H groups in total. The third-order valence-electron chi connectivity index (χ3n) is 2.78. The minimum Gasteiger partial charge on any atom is -0.385 e. The van der Waals surface area contributed by atoms with Crippen molar-refractivity contribution in [2.24, 2.45) is 0 Å². The summed E-state index contributed by atoms with van der Waals surface area (Å²) in [4.78, 5) is 22.7. The molecule has 1 rings (SSSR count). The van der Waals surface area contributed by atoms with E-state index in [1.807, 2.05) is 20.8 Å². The number of benzene rings is 1. The molecule has 0 aliphatic rings. The number of amides is 1. The summed E-state index contributed by atoms with van der Waals surface area (Å²) in [5, 5.41) is 16.7. The molecule has 1 aromatic carbocycles. The van der Waals surface area contributed by atoms with E-state index in [1.54, 1.807) is 13.2 Å². The molecule has 0 unspecified atom stereocenters. The number of rotatable bonds is 7. The van der Waals surface area contributed by atoms with Gasteiger partial charge < -0.3 is 15.4 Å². The van der Waals surface area contributed by atoms with Crippen LogP contribution in [0.25, 0.3) is 0 Å². The number of nitrogens with zero attached hydrogens (tertiary/aromatic N) is 1. The fourth-order valence-electron chi connectivity index (χ4n) is 1.95. The number of ether oxygens (including phenoxy) is 1. The molecule has 7 nitrogen and oxygen atoms in total. The molecule has 0 aromatic heterocycles. The van der Waals surface area contributed by atoms with Crippen LogP contribution in [0.2, 0.25) is 0 Å². The summed E-state index contributed by atoms with van der Waals surface area (Å²) in [6.07, 6.45) is 0. The summed E-state index contributed by atoms with van der Waals surface area (Å²) in [6.45, 7) is 6.47. The van der Waals surface area contributed by atoms with Gasteiger partial charge in [0.2, 0.25) is 0 Å². The fourth-order valence-corrected chi connectivity index (χ4v) is 1.95. The second-order valence-corrected chi connectivity index (χ2v) is 5.29. The van der Waals surface area contributed by atoms with Gasteiger partial charge in [-0.2, -0.15) is 0 Å². The highest BCUT2D eigenvalue weighted by Crippen LogP contribution is 2.22. The molecule has 0 aliphatic heterocycles. The Bertz CT molecular complexity index is 529. The van der Waals surface area contributed by atoms with Crippen molar-refractivity contribution in [2.45, 2.75) is 26.3 Å². The zero-order valence-corrected chi connectivity index (χ0v) is 12.7. The summed E-state index contributed by atoms with van der Waals surface area (Å²) in [5.41, 5.74) is 0.121. The summed E-state index contributed by atoms with van der Waals surface area (Å²) in [5.74, 6) is -0.378. The number of nitro benzene ring substituents is 1. The SMILES string of the molecule is CCNc1ccc([N+](=O)[O-])cc1C(=O)NC(C)(C)COC. The highest BCUT2D eigenvalue weighted by Gasteiger charge is 2.24. The average molecular weight is 295 g/mol. The minimum atomic E-state index is -0.570. The highest BCUT2D eigenvalue weighted by atomic mass is 16.6. The lowest BCUT2D eigenvalue weighted by Gasteiger charge is -2.25. The van der Waals surface area contributed by atoms with E-state index in [0.717, 1.165) is 0 Å². The van der Waals surface area contributed by atoms with Crippen molar-refractivity contribution in [3.8, 4) is 0 Å². The van der Waals surface area contributed by atoms with Crippen LogP contribution in [0.5, 0.6) is 0 Å². The Kier molecular flexibility index (Phi) is 5.66. The van der Waals surface area contributed by atoms with Crippen LogP contribution in [0.15, 0.2) is 18.2 Å². The number of carbonyl (C=O) groups excluding carboxylic acids is 1. The van der Waals surface area contributed by atoms with Crippen molar-refractivity contribution in [1.29, 1.82) is 0 Å². The smallest absolute Gasteiger partial charge is 0.270 e. The predicted octanol–water partition coefficient (Wildman–Crippen LogP) is 2.18. The zero-order chi connectivity index (χ0) is 16.0. The van der Waals surface area contributed by atoms with Gasteiger partial charge >= 0.3 is 0 Å². The van der Waals surface area contributed by atoms with Gasteiger partial charge in [0.05, 0.1) is 22.6 Å². The first-order valence-electron chi connectivity index (χ1n) is 6.64. The van der Waals surface area contributed by atoms with Gasteiger partial charge in [-0.1, -0.05) is 0 Å². The summed E-state index contributed by atoms with van der Waals surface area (Å²) in [6, 6.07) is 4.19. The van der Waals surface area contributed by atoms with Gasteiger partial charge in [-0.25, -0.2) is 0 Å². The van der Waals surface area contributed by atoms with E-state index in [4.69, 9.17) is 4.74 Å². The number of hydrogen-bond acceptors (Lipinski definition) is 5. The number of nitro groups is 1. The van der Waals surface area contributed by atoms with Crippen molar-refractivity contribution in [1.82, 2.24) is 5.32 Å². The van der Waals surface area contributed by atoms with Gasteiger partial charge in [0, 0.05) is 31.5 Å². The standard InChI is InChI=1S/C14H21N3O4/c1-5-15-12-7-6-10(17(19)20)8-11(12)13(18)16-14(2,3)9-21-4/h6-8,15H,5,9H2,1-4H3,(H,16,18). The van der Waals surface area contributed by atoms with E-state index >= 15 is 0 Å². The zero-order valence-electron chi connectivity index (χ0n) is 12.7. The number of nitrogens with one attached hydrogen (secondary N) is 2. The molecule has 1 amide bonds. The fraction of sp³-hybridized carbons (Fsp3) is 0.500. The molecular weight excluding hydrogens is 274 g/mol. The van der Waals surface area contributed by atoms with E-state index in [-0.39, 0.29) is 17.2 Å². The van der Waals surface area contributed by atoms with E-state index in [9.17, 15) is 14.9 Å². The molecule has 0 saturated carbocycles. The molecule has 7 heteroatoms. The molecule has 0 heterocycles. The summed E-state index contributed by atoms with van der Waals surface area (Å²) in [7, 11) is 1.55. The van der Waals surface area contributed by atoms with E-state index in [2.05, 4.69) is 10.6 Å². The van der Waals surface area contributed by atoms with Crippen molar-refractivity contribution in [3.63, 3.8) is 0 Å². The molecule has 21 heavy (non-hydrogen) atoms. The van der Waals surface area contributed by atoms with E-state index in [0.29, 0.717) is 18.8 Å². The van der Waals surface area contributed by atoms with Gasteiger partial charge in [-0.05, 0) is 26.8 Å². The van der Waals surface area contributed by atoms with Gasteiger partial charge in [0.1, 0.15) is 0 Å². The molecule has 0 atom stereocenters. The van der Waals surface area contributed by atoms with Gasteiger partial charge in [-0.3, -0.25) is 14.9 Å². The first kappa shape index (κ1) is 16.9. The molecule has 0 aliphatic carbocycles. The van der Waals surface area contributed by atoms with Crippen LogP contribution in [0.4, 0.5) is 11.4 Å². The third kappa shape index (κ3) is 4.71. The lowest BCUT2D eigenvalue weighted by atomic mass is 10.0. The van der Waals surface area contributed by atoms with Crippen LogP contribution in [-0.4, -0.2) is 36.6 Å². The minimum absolute atomic E-state index is 0.119. The van der Waals surface area contributed by atoms with Crippen LogP contribution in [0.3, 0.4) is 0 Å². The van der Waals surface area contributed by atoms with Crippen molar-refractivity contribution in [2.75, 3.05) is 25.6 Å². The van der Waals surface area contributed by atoms with E-state index < -0.39 is 10.5 Å². The number of carbonyl (C=O) groups is 1. The Labute approximate surface area is 123 Å². The monoisotopic (exact) mass is 295 g/mol. The van der Waals surface area contributed by atoms with Gasteiger partial charge in [0.25, 0.3) is 11.6 Å². The predicted molar refractivity (Wildman–Crippen MR) is 80.7 cm³/mol. The van der Waals surface area contributed by atoms with Crippen molar-refractivity contribution >= 4 is 17.3 Å². The maximum absolute atomic E-state index is 12.4. The average Bonchev–Trinajstić information content (AvgIpc) is 2.38. The number of anilines is 1. The lowest BCUT2D eigenvalue weighted by Crippen LogP contribution is -2.46. The first-order valence-corrected chi connectivity index (χ1v) is 6.64. The molecular formula is C14H21N3O4. The first-order chi connectivity index (χ1) is 9.80. The highest BCUT2D eigenvalue weighted by molar-refractivity contribution is 6.00. The van der Waals surface area contributed by atoms with Crippen molar-refractivity contribution in [3.05, 3.63) is 33.9 Å². The van der Waals surface area contributed by atoms with E-state index in [1.165, 1.54) is 12.1 Å². The third-order valence-corrected chi connectivity index (χ3v) is 2.78. The lowest BCUT2D eigenvalue weighted by molar-refractivity contribution is -0.384. The summed E-state index contributed by atoms with van der Waals surface area (Å²) < 4.78 is 5.04. The Morgan fingerprint density at radius 1 is 1.43 bits per heavy atom. The number of methoxy groups -OCH3 is 1. The van der Waals surface area contributed by atoms with Crippen molar-refractivity contribution < 1.29 is 14.5 Å². The normalized spacial score (nSPS) is 11.0. The van der Waals surface area contributed by atoms with Crippen LogP contribution in [-0.2, 0) is 4.74 Å². The molecule has 0 fully saturated rings. The van der Waals surface area contributed by atoms with Crippen LogP contribution < -0.4 is 10.6 Å². The Hall–Kier alpha value is -2.15. The second-order valence-electron chi connectivity index (χ2n) is 5.29.